The Labute approximate surface area is 174 Å². The topological polar surface area (TPSA) is 179 Å². The van der Waals surface area contributed by atoms with E-state index in [4.69, 9.17) is 19.7 Å². The summed E-state index contributed by atoms with van der Waals surface area (Å²) in [5, 5.41) is 10.7. The lowest BCUT2D eigenvalue weighted by Crippen LogP contribution is -2.73. The number of hydrogen-bond acceptors (Lipinski definition) is 9. The first-order chi connectivity index (χ1) is 14.6. The van der Waals surface area contributed by atoms with Gasteiger partial charge in [-0.1, -0.05) is 0 Å². The number of carbonyl (C=O) groups excluding carboxylic acids is 4. The molecule has 2 aliphatic heterocycles. The highest BCUT2D eigenvalue weighted by atomic mass is 16.8. The third-order valence-corrected chi connectivity index (χ3v) is 4.96. The molecule has 3 rings (SSSR count). The van der Waals surface area contributed by atoms with Crippen LogP contribution in [-0.2, 0) is 35.2 Å². The number of nitro benzene ring substituents is 1. The zero-order valence-corrected chi connectivity index (χ0v) is 16.3. The molecule has 0 N–H and O–H groups in total. The van der Waals surface area contributed by atoms with Crippen molar-refractivity contribution >= 4 is 35.3 Å². The number of rotatable bonds is 6. The highest BCUT2D eigenvalue weighted by Gasteiger charge is 2.71. The molecule has 2 heterocycles. The minimum absolute atomic E-state index is 0.146. The van der Waals surface area contributed by atoms with Crippen molar-refractivity contribution in [1.29, 1.82) is 0 Å². The van der Waals surface area contributed by atoms with Gasteiger partial charge in [-0.25, -0.2) is 14.4 Å². The van der Waals surface area contributed by atoms with Gasteiger partial charge < -0.3 is 24.5 Å². The quantitative estimate of drug-likeness (QED) is 0.0909. The summed E-state index contributed by atoms with van der Waals surface area (Å²) in [5.41, 5.74) is 7.92. The van der Waals surface area contributed by atoms with Crippen LogP contribution in [0.1, 0.15) is 19.4 Å². The zero-order chi connectivity index (χ0) is 22.9. The molecule has 0 radical (unpaired) electrons. The van der Waals surface area contributed by atoms with Gasteiger partial charge in [0.25, 0.3) is 11.5 Å². The molecule has 2 aliphatic rings. The van der Waals surface area contributed by atoms with Crippen LogP contribution in [0.5, 0.6) is 0 Å². The van der Waals surface area contributed by atoms with Gasteiger partial charge in [-0.3, -0.25) is 14.9 Å². The van der Waals surface area contributed by atoms with E-state index in [1.807, 2.05) is 0 Å². The smallest absolute Gasteiger partial charge is 0.497 e. The van der Waals surface area contributed by atoms with Gasteiger partial charge >= 0.3 is 23.9 Å². The van der Waals surface area contributed by atoms with E-state index in [-0.39, 0.29) is 18.9 Å². The zero-order valence-electron chi connectivity index (χ0n) is 16.3. The number of ether oxygens (including phenoxy) is 3. The van der Waals surface area contributed by atoms with Crippen molar-refractivity contribution in [3.8, 4) is 0 Å². The molecule has 0 aromatic heterocycles. The fraction of sp³-hybridized carbons (Fsp3) is 0.389. The number of nitro groups is 1. The average molecular weight is 432 g/mol. The Morgan fingerprint density at radius 2 is 2.00 bits per heavy atom. The molecule has 0 bridgehead atoms. The number of nitrogens with zero attached hydrogens (tertiary/aromatic N) is 4. The molecule has 1 aromatic rings. The van der Waals surface area contributed by atoms with Crippen molar-refractivity contribution < 1.29 is 43.1 Å². The Morgan fingerprint density at radius 1 is 1.35 bits per heavy atom. The summed E-state index contributed by atoms with van der Waals surface area (Å²) in [6.07, 6.45) is -1.02. The van der Waals surface area contributed by atoms with Crippen LogP contribution in [0.3, 0.4) is 0 Å². The molecule has 31 heavy (non-hydrogen) atoms. The van der Waals surface area contributed by atoms with Gasteiger partial charge in [0.1, 0.15) is 13.2 Å². The van der Waals surface area contributed by atoms with E-state index in [1.165, 1.54) is 31.2 Å². The molecule has 3 atom stereocenters. The van der Waals surface area contributed by atoms with Crippen molar-refractivity contribution in [2.24, 2.45) is 5.92 Å². The SMILES string of the molecule is CC(=O)C(=[N+]=[N-])N1C(=O)C(C2(C)COC(=O)O2)C1C(=O)OCc1ccc([N+](=O)[O-])cc1. The molecule has 13 heteroatoms. The number of hydrogen-bond donors (Lipinski definition) is 0. The number of cyclic esters (lactones) is 2. The minimum Gasteiger partial charge on any atom is -0.497 e. The van der Waals surface area contributed by atoms with E-state index in [2.05, 4.69) is 4.79 Å². The van der Waals surface area contributed by atoms with Gasteiger partial charge in [-0.05, 0) is 24.6 Å². The van der Waals surface area contributed by atoms with Crippen molar-refractivity contribution in [2.45, 2.75) is 32.1 Å². The average Bonchev–Trinajstić information content (AvgIpc) is 3.06. The molecule has 2 saturated heterocycles. The summed E-state index contributed by atoms with van der Waals surface area (Å²) in [4.78, 5) is 62.3. The minimum atomic E-state index is -1.50. The molecule has 0 aliphatic carbocycles. The summed E-state index contributed by atoms with van der Waals surface area (Å²) >= 11 is 0. The summed E-state index contributed by atoms with van der Waals surface area (Å²) in [6, 6.07) is 3.80. The van der Waals surface area contributed by atoms with Crippen molar-refractivity contribution in [1.82, 2.24) is 4.90 Å². The van der Waals surface area contributed by atoms with Gasteiger partial charge in [0.15, 0.2) is 11.5 Å². The molecule has 1 aromatic carbocycles. The lowest BCUT2D eigenvalue weighted by molar-refractivity contribution is -0.384. The molecule has 2 fully saturated rings. The second kappa shape index (κ2) is 7.95. The highest BCUT2D eigenvalue weighted by molar-refractivity contribution is 6.39. The van der Waals surface area contributed by atoms with Crippen LogP contribution >= 0.6 is 0 Å². The van der Waals surface area contributed by atoms with Crippen molar-refractivity contribution in [3.05, 3.63) is 45.5 Å². The van der Waals surface area contributed by atoms with Gasteiger partial charge in [0.05, 0.1) is 4.92 Å². The van der Waals surface area contributed by atoms with Crippen LogP contribution in [0.4, 0.5) is 10.5 Å². The molecule has 162 valence electrons. The monoisotopic (exact) mass is 432 g/mol. The third kappa shape index (κ3) is 3.85. The Kier molecular flexibility index (Phi) is 5.54. The van der Waals surface area contributed by atoms with Crippen LogP contribution in [0, 0.1) is 16.0 Å². The number of β-lactam (4-membered cyclic amide) rings is 1. The second-order valence-corrected chi connectivity index (χ2v) is 7.10. The first-order valence-electron chi connectivity index (χ1n) is 8.91. The number of esters is 1. The van der Waals surface area contributed by atoms with Gasteiger partial charge in [-0.15, -0.1) is 0 Å². The maximum absolute atomic E-state index is 12.8. The van der Waals surface area contributed by atoms with Crippen molar-refractivity contribution in [3.63, 3.8) is 0 Å². The summed E-state index contributed by atoms with van der Waals surface area (Å²) in [6.45, 7) is 1.82. The van der Waals surface area contributed by atoms with Crippen LogP contribution < -0.4 is 0 Å². The van der Waals surface area contributed by atoms with Crippen LogP contribution in [0.2, 0.25) is 0 Å². The Morgan fingerprint density at radius 3 is 2.48 bits per heavy atom. The Bertz CT molecular complexity index is 1030. The number of benzene rings is 1. The Balaban J connectivity index is 1.83. The van der Waals surface area contributed by atoms with Gasteiger partial charge in [0, 0.05) is 19.1 Å². The van der Waals surface area contributed by atoms with E-state index < -0.39 is 52.1 Å². The number of non-ortho nitro benzene ring substituents is 1. The maximum Gasteiger partial charge on any atom is 0.509 e. The number of carbonyl (C=O) groups is 4. The molecule has 0 saturated carbocycles. The van der Waals surface area contributed by atoms with Crippen LogP contribution in [0.25, 0.3) is 5.53 Å². The number of Topliss-reactive ketones (excluding diaryl/α,β-unsaturated/α-hetero) is 1. The molecule has 13 nitrogen and oxygen atoms in total. The number of amidine groups is 1. The van der Waals surface area contributed by atoms with Gasteiger partial charge in [-0.2, -0.15) is 4.90 Å². The number of ketones is 1. The predicted molar refractivity (Wildman–Crippen MR) is 97.2 cm³/mol. The van der Waals surface area contributed by atoms with E-state index in [1.54, 1.807) is 0 Å². The molecule has 3 unspecified atom stereocenters. The maximum atomic E-state index is 12.8. The summed E-state index contributed by atoms with van der Waals surface area (Å²) < 4.78 is 15.0. The lowest BCUT2D eigenvalue weighted by Gasteiger charge is -2.42. The first kappa shape index (κ1) is 21.6. The fourth-order valence-electron chi connectivity index (χ4n) is 3.41. The van der Waals surface area contributed by atoms with E-state index >= 15 is 0 Å². The summed E-state index contributed by atoms with van der Waals surface area (Å²) in [5.74, 6) is -4.46. The molecular weight excluding hydrogens is 416 g/mol. The Hall–Kier alpha value is -4.12. The van der Waals surface area contributed by atoms with Crippen LogP contribution in [-0.4, -0.2) is 62.5 Å². The number of likely N-dealkylation sites (tertiary alicyclic amines) is 1. The van der Waals surface area contributed by atoms with Crippen molar-refractivity contribution in [2.75, 3.05) is 6.61 Å². The normalized spacial score (nSPS) is 24.4. The lowest BCUT2D eigenvalue weighted by atomic mass is 9.75. The van der Waals surface area contributed by atoms with Gasteiger partial charge in [0.2, 0.25) is 6.04 Å². The second-order valence-electron chi connectivity index (χ2n) is 7.10. The standard InChI is InChI=1S/C18H16N4O9/c1-9(23)14(20-19)21-13(12(15(21)24)18(2)8-30-17(26)31-18)16(25)29-7-10-3-5-11(6-4-10)22(27)28/h3-6,12-13H,7-8H2,1-2H3. The fourth-order valence-corrected chi connectivity index (χ4v) is 3.41. The highest BCUT2D eigenvalue weighted by Crippen LogP contribution is 2.41. The van der Waals surface area contributed by atoms with E-state index in [9.17, 15) is 29.3 Å². The number of amides is 1. The molecule has 1 amide bonds. The first-order valence-corrected chi connectivity index (χ1v) is 8.91. The largest absolute Gasteiger partial charge is 0.509 e. The predicted octanol–water partition coefficient (Wildman–Crippen LogP) is 0.608. The van der Waals surface area contributed by atoms with E-state index in [0.29, 0.717) is 10.5 Å². The summed E-state index contributed by atoms with van der Waals surface area (Å²) in [7, 11) is 0. The molecule has 0 spiro atoms. The third-order valence-electron chi connectivity index (χ3n) is 4.96. The van der Waals surface area contributed by atoms with E-state index in [0.717, 1.165) is 6.92 Å². The van der Waals surface area contributed by atoms with Crippen LogP contribution in [0.15, 0.2) is 24.3 Å². The molecular formula is C18H16N4O9.